The third-order valence-electron chi connectivity index (χ3n) is 4.26. The van der Waals surface area contributed by atoms with Gasteiger partial charge in [-0.15, -0.1) is 0 Å². The van der Waals surface area contributed by atoms with Crippen molar-refractivity contribution < 1.29 is 32.7 Å². The van der Waals surface area contributed by atoms with Crippen LogP contribution >= 0.6 is 0 Å². The van der Waals surface area contributed by atoms with Gasteiger partial charge in [0.2, 0.25) is 5.75 Å². The minimum atomic E-state index is -3.08. The Labute approximate surface area is 181 Å². The van der Waals surface area contributed by atoms with Crippen molar-refractivity contribution in [3.63, 3.8) is 0 Å². The van der Waals surface area contributed by atoms with Crippen molar-refractivity contribution in [2.45, 2.75) is 6.61 Å². The van der Waals surface area contributed by atoms with E-state index in [2.05, 4.69) is 4.74 Å². The van der Waals surface area contributed by atoms with Crippen LogP contribution in [0, 0.1) is 10.1 Å². The van der Waals surface area contributed by atoms with Crippen LogP contribution < -0.4 is 14.2 Å². The highest BCUT2D eigenvalue weighted by atomic mass is 19.3. The number of ether oxygens (including phenoxy) is 3. The van der Waals surface area contributed by atoms with Crippen LogP contribution in [-0.2, 0) is 0 Å². The van der Waals surface area contributed by atoms with Crippen LogP contribution in [0.4, 0.5) is 14.5 Å². The molecule has 0 amide bonds. The molecule has 0 saturated heterocycles. The van der Waals surface area contributed by atoms with Gasteiger partial charge in [-0.05, 0) is 54.1 Å². The minimum Gasteiger partial charge on any atom is -0.497 e. The standard InChI is InChI=1S/C23H17F2NO6/c1-30-16-8-10-17(11-9-16)31-22-13-7-15(14-19(22)26(28)29)6-12-20(27)18-4-2-3-5-21(18)32-23(24)25/h2-14,23H,1H3. The summed E-state index contributed by atoms with van der Waals surface area (Å²) in [6, 6.07) is 16.3. The van der Waals surface area contributed by atoms with E-state index in [-0.39, 0.29) is 22.7 Å². The number of allylic oxidation sites excluding steroid dienone is 1. The van der Waals surface area contributed by atoms with Gasteiger partial charge in [0.1, 0.15) is 17.2 Å². The molecule has 3 rings (SSSR count). The molecule has 0 radical (unpaired) electrons. The summed E-state index contributed by atoms with van der Waals surface area (Å²) in [5.41, 5.74) is -0.0192. The molecule has 0 aromatic heterocycles. The van der Waals surface area contributed by atoms with Gasteiger partial charge in [0.25, 0.3) is 0 Å². The average Bonchev–Trinajstić information content (AvgIpc) is 2.78. The second-order valence-electron chi connectivity index (χ2n) is 6.33. The van der Waals surface area contributed by atoms with Crippen molar-refractivity contribution in [1.29, 1.82) is 0 Å². The molecule has 164 valence electrons. The van der Waals surface area contributed by atoms with Gasteiger partial charge in [-0.3, -0.25) is 14.9 Å². The molecule has 0 atom stereocenters. The van der Waals surface area contributed by atoms with Gasteiger partial charge in [-0.25, -0.2) is 0 Å². The first-order chi connectivity index (χ1) is 15.4. The van der Waals surface area contributed by atoms with Crippen molar-refractivity contribution >= 4 is 17.5 Å². The maximum absolute atomic E-state index is 12.5. The molecule has 0 aliphatic carbocycles. The zero-order chi connectivity index (χ0) is 23.1. The Kier molecular flexibility index (Phi) is 7.12. The summed E-state index contributed by atoms with van der Waals surface area (Å²) in [5.74, 6) is 0.147. The van der Waals surface area contributed by atoms with Crippen molar-refractivity contribution in [1.82, 2.24) is 0 Å². The molecule has 0 aliphatic rings. The number of hydrogen-bond donors (Lipinski definition) is 0. The van der Waals surface area contributed by atoms with E-state index in [0.717, 1.165) is 6.08 Å². The summed E-state index contributed by atoms with van der Waals surface area (Å²) in [5, 5.41) is 11.5. The predicted octanol–water partition coefficient (Wildman–Crippen LogP) is 5.89. The number of benzene rings is 3. The van der Waals surface area contributed by atoms with Crippen molar-refractivity contribution in [2.24, 2.45) is 0 Å². The molecule has 9 heteroatoms. The van der Waals surface area contributed by atoms with Crippen molar-refractivity contribution in [3.05, 3.63) is 94.0 Å². The van der Waals surface area contributed by atoms with E-state index in [1.807, 2.05) is 0 Å². The van der Waals surface area contributed by atoms with Gasteiger partial charge < -0.3 is 14.2 Å². The number of halogens is 2. The SMILES string of the molecule is COc1ccc(Oc2ccc(C=CC(=O)c3ccccc3OC(F)F)cc2[N+](=O)[O-])cc1. The summed E-state index contributed by atoms with van der Waals surface area (Å²) in [4.78, 5) is 23.3. The monoisotopic (exact) mass is 441 g/mol. The number of methoxy groups -OCH3 is 1. The van der Waals surface area contributed by atoms with E-state index in [0.29, 0.717) is 17.1 Å². The maximum atomic E-state index is 12.5. The smallest absolute Gasteiger partial charge is 0.387 e. The first-order valence-electron chi connectivity index (χ1n) is 9.24. The Morgan fingerprint density at radius 3 is 2.34 bits per heavy atom. The summed E-state index contributed by atoms with van der Waals surface area (Å²) < 4.78 is 40.1. The molecule has 7 nitrogen and oxygen atoms in total. The number of alkyl halides is 2. The molecular weight excluding hydrogens is 424 g/mol. The van der Waals surface area contributed by atoms with Crippen LogP contribution in [0.15, 0.2) is 72.8 Å². The Morgan fingerprint density at radius 2 is 1.69 bits per heavy atom. The molecule has 0 fully saturated rings. The second kappa shape index (κ2) is 10.2. The van der Waals surface area contributed by atoms with E-state index in [4.69, 9.17) is 9.47 Å². The zero-order valence-electron chi connectivity index (χ0n) is 16.7. The van der Waals surface area contributed by atoms with Crippen LogP contribution in [0.3, 0.4) is 0 Å². The lowest BCUT2D eigenvalue weighted by molar-refractivity contribution is -0.385. The molecule has 3 aromatic carbocycles. The fourth-order valence-corrected chi connectivity index (χ4v) is 2.77. The lowest BCUT2D eigenvalue weighted by atomic mass is 10.1. The summed E-state index contributed by atoms with van der Waals surface area (Å²) in [6.07, 6.45) is 2.46. The van der Waals surface area contributed by atoms with Gasteiger partial charge in [0.05, 0.1) is 17.6 Å². The first-order valence-corrected chi connectivity index (χ1v) is 9.24. The molecule has 32 heavy (non-hydrogen) atoms. The summed E-state index contributed by atoms with van der Waals surface area (Å²) in [7, 11) is 1.52. The second-order valence-corrected chi connectivity index (χ2v) is 6.33. The molecule has 0 N–H and O–H groups in total. The van der Waals surface area contributed by atoms with E-state index < -0.39 is 17.3 Å². The quantitative estimate of drug-likeness (QED) is 0.178. The van der Waals surface area contributed by atoms with Gasteiger partial charge in [-0.2, -0.15) is 8.78 Å². The fraction of sp³-hybridized carbons (Fsp3) is 0.0870. The highest BCUT2D eigenvalue weighted by molar-refractivity contribution is 6.08. The number of para-hydroxylation sites is 1. The third-order valence-corrected chi connectivity index (χ3v) is 4.26. The Hall–Kier alpha value is -4.27. The van der Waals surface area contributed by atoms with E-state index in [1.54, 1.807) is 24.3 Å². The van der Waals surface area contributed by atoms with Crippen LogP contribution in [-0.4, -0.2) is 24.4 Å². The highest BCUT2D eigenvalue weighted by Crippen LogP contribution is 2.33. The van der Waals surface area contributed by atoms with Crippen LogP contribution in [0.1, 0.15) is 15.9 Å². The topological polar surface area (TPSA) is 87.9 Å². The van der Waals surface area contributed by atoms with Crippen LogP contribution in [0.2, 0.25) is 0 Å². The molecular formula is C23H17F2NO6. The van der Waals surface area contributed by atoms with Gasteiger partial charge in [0, 0.05) is 6.07 Å². The molecule has 0 bridgehead atoms. The normalized spacial score (nSPS) is 10.9. The first kappa shape index (κ1) is 22.4. The predicted molar refractivity (Wildman–Crippen MR) is 113 cm³/mol. The van der Waals surface area contributed by atoms with Gasteiger partial charge >= 0.3 is 12.3 Å². The number of nitrogens with zero attached hydrogens (tertiary/aromatic N) is 1. The van der Waals surface area contributed by atoms with E-state index in [9.17, 15) is 23.7 Å². The van der Waals surface area contributed by atoms with Crippen molar-refractivity contribution in [3.8, 4) is 23.0 Å². The fourth-order valence-electron chi connectivity index (χ4n) is 2.77. The molecule has 0 aliphatic heterocycles. The van der Waals surface area contributed by atoms with Gasteiger partial charge in [0.15, 0.2) is 5.78 Å². The van der Waals surface area contributed by atoms with Crippen molar-refractivity contribution in [2.75, 3.05) is 7.11 Å². The third kappa shape index (κ3) is 5.66. The Bertz CT molecular complexity index is 1150. The Balaban J connectivity index is 1.81. The molecule has 0 spiro atoms. The highest BCUT2D eigenvalue weighted by Gasteiger charge is 2.17. The molecule has 0 saturated carbocycles. The minimum absolute atomic E-state index is 0.0133. The number of hydrogen-bond acceptors (Lipinski definition) is 6. The van der Waals surface area contributed by atoms with E-state index in [1.165, 1.54) is 55.7 Å². The van der Waals surface area contributed by atoms with Gasteiger partial charge in [-0.1, -0.05) is 24.3 Å². The summed E-state index contributed by atoms with van der Waals surface area (Å²) in [6.45, 7) is -3.08. The molecule has 0 heterocycles. The number of nitro benzene ring substituents is 1. The maximum Gasteiger partial charge on any atom is 0.387 e. The largest absolute Gasteiger partial charge is 0.497 e. The molecule has 3 aromatic rings. The number of rotatable bonds is 9. The summed E-state index contributed by atoms with van der Waals surface area (Å²) >= 11 is 0. The number of nitro groups is 1. The lowest BCUT2D eigenvalue weighted by Crippen LogP contribution is -2.06. The number of ketones is 1. The number of carbonyl (C=O) groups is 1. The van der Waals surface area contributed by atoms with Crippen LogP contribution in [0.5, 0.6) is 23.0 Å². The zero-order valence-corrected chi connectivity index (χ0v) is 16.7. The average molecular weight is 441 g/mol. The van der Waals surface area contributed by atoms with E-state index >= 15 is 0 Å². The number of carbonyl (C=O) groups excluding carboxylic acids is 1. The Morgan fingerprint density at radius 1 is 1.00 bits per heavy atom. The van der Waals surface area contributed by atoms with Crippen LogP contribution in [0.25, 0.3) is 6.08 Å². The lowest BCUT2D eigenvalue weighted by Gasteiger charge is -2.08. The molecule has 0 unspecified atom stereocenters.